The second kappa shape index (κ2) is 11.2. The van der Waals surface area contributed by atoms with Gasteiger partial charge in [0.25, 0.3) is 0 Å². The Kier molecular flexibility index (Phi) is 6.46. The van der Waals surface area contributed by atoms with Crippen molar-refractivity contribution in [2.75, 3.05) is 4.90 Å². The van der Waals surface area contributed by atoms with E-state index in [4.69, 9.17) is 14.4 Å². The Bertz CT molecular complexity index is 2710. The number of rotatable bonds is 4. The van der Waals surface area contributed by atoms with Crippen LogP contribution in [0.1, 0.15) is 25.0 Å². The summed E-state index contributed by atoms with van der Waals surface area (Å²) >= 11 is 0. The Morgan fingerprint density at radius 1 is 0.569 bits per heavy atom. The standard InChI is InChI=1S/C46H32N4O/c1-46(2)36-17-9-10-18-39(36)50(43-42(46)34-15-7-6-14-33(34)41-35-16-8-11-19-40(35)51-44(41)43)32-22-20-31(21-23-32)45-48-37(29-12-4-3-5-13-29)28-38(49-45)30-24-26-47-27-25-30/h3-28H,1-2H3. The number of fused-ring (bicyclic) bond motifs is 9. The quantitative estimate of drug-likeness (QED) is 0.189. The van der Waals surface area contributed by atoms with Crippen molar-refractivity contribution in [2.24, 2.45) is 0 Å². The van der Waals surface area contributed by atoms with Gasteiger partial charge in [-0.25, -0.2) is 9.97 Å². The fraction of sp³-hybridized carbons (Fsp3) is 0.0652. The minimum absolute atomic E-state index is 0.287. The molecule has 10 rings (SSSR count). The summed E-state index contributed by atoms with van der Waals surface area (Å²) in [6.45, 7) is 4.67. The van der Waals surface area contributed by atoms with Gasteiger partial charge in [-0.05, 0) is 76.5 Å². The van der Waals surface area contributed by atoms with E-state index in [0.29, 0.717) is 5.82 Å². The third-order valence-electron chi connectivity index (χ3n) is 10.3. The van der Waals surface area contributed by atoms with E-state index >= 15 is 0 Å². The minimum atomic E-state index is -0.287. The smallest absolute Gasteiger partial charge is 0.160 e. The van der Waals surface area contributed by atoms with Crippen LogP contribution in [0.3, 0.4) is 0 Å². The molecule has 0 saturated carbocycles. The maximum absolute atomic E-state index is 6.86. The largest absolute Gasteiger partial charge is 0.454 e. The number of nitrogens with zero attached hydrogens (tertiary/aromatic N) is 4. The van der Waals surface area contributed by atoms with E-state index in [2.05, 4.69) is 133 Å². The molecule has 0 N–H and O–H groups in total. The van der Waals surface area contributed by atoms with Crippen LogP contribution in [-0.4, -0.2) is 15.0 Å². The van der Waals surface area contributed by atoms with Crippen LogP contribution in [-0.2, 0) is 5.41 Å². The maximum Gasteiger partial charge on any atom is 0.160 e. The zero-order chi connectivity index (χ0) is 34.1. The van der Waals surface area contributed by atoms with Crippen LogP contribution >= 0.6 is 0 Å². The predicted molar refractivity (Wildman–Crippen MR) is 208 cm³/mol. The van der Waals surface area contributed by atoms with Crippen LogP contribution in [0.4, 0.5) is 17.1 Å². The summed E-state index contributed by atoms with van der Waals surface area (Å²) in [5, 5.41) is 4.72. The van der Waals surface area contributed by atoms with Gasteiger partial charge in [-0.3, -0.25) is 4.98 Å². The molecule has 0 saturated heterocycles. The molecule has 6 aromatic carbocycles. The zero-order valence-electron chi connectivity index (χ0n) is 28.2. The van der Waals surface area contributed by atoms with Gasteiger partial charge in [0.05, 0.1) is 22.8 Å². The fourth-order valence-electron chi connectivity index (χ4n) is 7.97. The fourth-order valence-corrected chi connectivity index (χ4v) is 7.97. The Labute approximate surface area is 295 Å². The molecule has 0 spiro atoms. The summed E-state index contributed by atoms with van der Waals surface area (Å²) in [6, 6.07) is 50.8. The number of benzene rings is 6. The van der Waals surface area contributed by atoms with Crippen molar-refractivity contribution >= 4 is 49.8 Å². The van der Waals surface area contributed by atoms with Crippen LogP contribution in [0.15, 0.2) is 162 Å². The molecule has 0 aliphatic carbocycles. The summed E-state index contributed by atoms with van der Waals surface area (Å²) in [5.74, 6) is 0.668. The second-order valence-corrected chi connectivity index (χ2v) is 13.7. The number of aromatic nitrogens is 3. The molecule has 1 aliphatic heterocycles. The van der Waals surface area contributed by atoms with Crippen molar-refractivity contribution < 1.29 is 4.42 Å². The van der Waals surface area contributed by atoms with Crippen LogP contribution in [0, 0.1) is 0 Å². The topological polar surface area (TPSA) is 55.1 Å². The molecular formula is C46H32N4O. The van der Waals surface area contributed by atoms with Gasteiger partial charge in [-0.2, -0.15) is 0 Å². The van der Waals surface area contributed by atoms with Crippen molar-refractivity contribution in [1.82, 2.24) is 15.0 Å². The lowest BCUT2D eigenvalue weighted by Crippen LogP contribution is -2.31. The Morgan fingerprint density at radius 3 is 1.96 bits per heavy atom. The van der Waals surface area contributed by atoms with Gasteiger partial charge < -0.3 is 9.32 Å². The summed E-state index contributed by atoms with van der Waals surface area (Å²) < 4.78 is 6.86. The molecule has 5 nitrogen and oxygen atoms in total. The van der Waals surface area contributed by atoms with Gasteiger partial charge in [-0.1, -0.05) is 105 Å². The molecule has 3 aromatic heterocycles. The first-order valence-corrected chi connectivity index (χ1v) is 17.3. The predicted octanol–water partition coefficient (Wildman–Crippen LogP) is 12.0. The Balaban J connectivity index is 1.20. The van der Waals surface area contributed by atoms with Crippen molar-refractivity contribution in [2.45, 2.75) is 19.3 Å². The van der Waals surface area contributed by atoms with Gasteiger partial charge in [-0.15, -0.1) is 0 Å². The van der Waals surface area contributed by atoms with Gasteiger partial charge in [0.2, 0.25) is 0 Å². The van der Waals surface area contributed by atoms with E-state index < -0.39 is 0 Å². The lowest BCUT2D eigenvalue weighted by molar-refractivity contribution is 0.629. The minimum Gasteiger partial charge on any atom is -0.454 e. The summed E-state index contributed by atoms with van der Waals surface area (Å²) in [4.78, 5) is 16.8. The first kappa shape index (κ1) is 29.3. The first-order valence-electron chi connectivity index (χ1n) is 17.3. The molecule has 1 aliphatic rings. The van der Waals surface area contributed by atoms with Gasteiger partial charge >= 0.3 is 0 Å². The van der Waals surface area contributed by atoms with Crippen molar-refractivity contribution in [3.63, 3.8) is 0 Å². The van der Waals surface area contributed by atoms with Crippen molar-refractivity contribution in [3.05, 3.63) is 169 Å². The number of pyridine rings is 1. The number of hydrogen-bond donors (Lipinski definition) is 0. The molecule has 51 heavy (non-hydrogen) atoms. The third kappa shape index (κ3) is 4.51. The van der Waals surface area contributed by atoms with Gasteiger partial charge in [0, 0.05) is 51.0 Å². The first-order chi connectivity index (χ1) is 25.1. The molecule has 0 atom stereocenters. The molecule has 0 amide bonds. The highest BCUT2D eigenvalue weighted by molar-refractivity contribution is 6.25. The SMILES string of the molecule is CC1(C)c2ccccc2N(c2ccc(-c3nc(-c4ccccc4)cc(-c4ccncc4)n3)cc2)c2c1c1ccccc1c1c2oc2ccccc21. The monoisotopic (exact) mass is 656 g/mol. The summed E-state index contributed by atoms with van der Waals surface area (Å²) in [7, 11) is 0. The van der Waals surface area contributed by atoms with Crippen LogP contribution in [0.5, 0.6) is 0 Å². The Morgan fingerprint density at radius 2 is 1.20 bits per heavy atom. The van der Waals surface area contributed by atoms with E-state index in [1.807, 2.05) is 36.4 Å². The number of anilines is 3. The number of para-hydroxylation sites is 2. The number of furan rings is 1. The molecular weight excluding hydrogens is 625 g/mol. The average Bonchev–Trinajstić information content (AvgIpc) is 3.59. The molecule has 5 heteroatoms. The molecule has 0 unspecified atom stereocenters. The summed E-state index contributed by atoms with van der Waals surface area (Å²) in [5.41, 5.74) is 12.0. The molecule has 242 valence electrons. The second-order valence-electron chi connectivity index (χ2n) is 13.7. The Hall–Kier alpha value is -6.59. The van der Waals surface area contributed by atoms with E-state index in [0.717, 1.165) is 67.1 Å². The number of hydrogen-bond acceptors (Lipinski definition) is 5. The van der Waals surface area contributed by atoms with Crippen molar-refractivity contribution in [3.8, 4) is 33.9 Å². The van der Waals surface area contributed by atoms with E-state index in [9.17, 15) is 0 Å². The normalized spacial score (nSPS) is 13.4. The van der Waals surface area contributed by atoms with E-state index in [-0.39, 0.29) is 5.41 Å². The van der Waals surface area contributed by atoms with Gasteiger partial charge in [0.1, 0.15) is 5.58 Å². The van der Waals surface area contributed by atoms with Gasteiger partial charge in [0.15, 0.2) is 11.4 Å². The molecule has 0 bridgehead atoms. The molecule has 4 heterocycles. The highest BCUT2D eigenvalue weighted by Gasteiger charge is 2.41. The van der Waals surface area contributed by atoms with Crippen LogP contribution < -0.4 is 4.90 Å². The zero-order valence-corrected chi connectivity index (χ0v) is 28.2. The maximum atomic E-state index is 6.86. The third-order valence-corrected chi connectivity index (χ3v) is 10.3. The lowest BCUT2D eigenvalue weighted by Gasteiger charge is -2.42. The lowest BCUT2D eigenvalue weighted by atomic mass is 9.71. The summed E-state index contributed by atoms with van der Waals surface area (Å²) in [6.07, 6.45) is 3.59. The molecule has 0 radical (unpaired) electrons. The molecule has 9 aromatic rings. The van der Waals surface area contributed by atoms with Crippen molar-refractivity contribution in [1.29, 1.82) is 0 Å². The van der Waals surface area contributed by atoms with E-state index in [1.165, 1.54) is 21.9 Å². The molecule has 0 fully saturated rings. The van der Waals surface area contributed by atoms with Crippen LogP contribution in [0.2, 0.25) is 0 Å². The van der Waals surface area contributed by atoms with Crippen LogP contribution in [0.25, 0.3) is 66.6 Å². The highest BCUT2D eigenvalue weighted by atomic mass is 16.3. The van der Waals surface area contributed by atoms with E-state index in [1.54, 1.807) is 12.4 Å². The highest BCUT2D eigenvalue weighted by Crippen LogP contribution is 2.57. The average molecular weight is 657 g/mol.